The highest BCUT2D eigenvalue weighted by Gasteiger charge is 2.26. The maximum absolute atomic E-state index is 12.1. The molecule has 2 heterocycles. The Balaban J connectivity index is 1.88. The normalized spacial score (nSPS) is 18.8. The number of hydrogen-bond donors (Lipinski definition) is 1. The average Bonchev–Trinajstić information content (AvgIpc) is 2.94. The molecule has 2 rings (SSSR count). The molecule has 0 fully saturated rings. The van der Waals surface area contributed by atoms with Crippen molar-refractivity contribution in [3.63, 3.8) is 0 Å². The molecule has 1 aliphatic rings. The molecule has 1 aliphatic heterocycles. The molecule has 1 aromatic heterocycles. The van der Waals surface area contributed by atoms with E-state index in [0.717, 1.165) is 4.34 Å². The lowest BCUT2D eigenvalue weighted by atomic mass is 10.0. The van der Waals surface area contributed by atoms with Gasteiger partial charge in [0.1, 0.15) is 0 Å². The Hall–Kier alpha value is -1.08. The van der Waals surface area contributed by atoms with E-state index in [-0.39, 0.29) is 11.9 Å². The van der Waals surface area contributed by atoms with Crippen LogP contribution in [0.1, 0.15) is 13.8 Å². The average molecular weight is 284 g/mol. The number of thioether (sulfide) groups is 1. The summed E-state index contributed by atoms with van der Waals surface area (Å²) in [5.74, 6) is 0.965. The van der Waals surface area contributed by atoms with Crippen molar-refractivity contribution in [3.05, 3.63) is 12.2 Å². The number of nitrogens with zero attached hydrogens (tertiary/aromatic N) is 3. The molecular weight excluding hydrogens is 268 g/mol. The SMILES string of the molecule is CC(C)C1C=CCN1C(=O)CSc1nnc(N)s1. The number of nitrogen functional groups attached to an aromatic ring is 1. The summed E-state index contributed by atoms with van der Waals surface area (Å²) < 4.78 is 0.745. The van der Waals surface area contributed by atoms with Crippen molar-refractivity contribution in [2.45, 2.75) is 24.2 Å². The Kier molecular flexibility index (Phi) is 4.23. The fourth-order valence-electron chi connectivity index (χ4n) is 1.87. The van der Waals surface area contributed by atoms with Crippen LogP contribution in [-0.2, 0) is 4.79 Å². The van der Waals surface area contributed by atoms with Crippen LogP contribution >= 0.6 is 23.1 Å². The summed E-state index contributed by atoms with van der Waals surface area (Å²) in [6.07, 6.45) is 4.16. The van der Waals surface area contributed by atoms with Crippen LogP contribution in [0.2, 0.25) is 0 Å². The van der Waals surface area contributed by atoms with Gasteiger partial charge in [-0.3, -0.25) is 4.79 Å². The number of carbonyl (C=O) groups is 1. The Morgan fingerprint density at radius 1 is 1.67 bits per heavy atom. The molecule has 0 aromatic carbocycles. The lowest BCUT2D eigenvalue weighted by Crippen LogP contribution is -2.40. The molecule has 0 saturated heterocycles. The lowest BCUT2D eigenvalue weighted by molar-refractivity contribution is -0.129. The van der Waals surface area contributed by atoms with Crippen LogP contribution in [0.15, 0.2) is 16.5 Å². The van der Waals surface area contributed by atoms with Crippen LogP contribution in [0.3, 0.4) is 0 Å². The predicted molar refractivity (Wildman–Crippen MR) is 74.5 cm³/mol. The minimum absolute atomic E-state index is 0.137. The van der Waals surface area contributed by atoms with Crippen molar-refractivity contribution < 1.29 is 4.79 Å². The third kappa shape index (κ3) is 3.02. The summed E-state index contributed by atoms with van der Waals surface area (Å²) in [6, 6.07) is 0.220. The number of aromatic nitrogens is 2. The van der Waals surface area contributed by atoms with E-state index in [1.807, 2.05) is 4.90 Å². The van der Waals surface area contributed by atoms with E-state index in [0.29, 0.717) is 23.3 Å². The van der Waals surface area contributed by atoms with Crippen LogP contribution in [0.5, 0.6) is 0 Å². The number of nitrogens with two attached hydrogens (primary N) is 1. The van der Waals surface area contributed by atoms with Gasteiger partial charge in [0.25, 0.3) is 0 Å². The van der Waals surface area contributed by atoms with E-state index >= 15 is 0 Å². The monoisotopic (exact) mass is 284 g/mol. The molecule has 0 saturated carbocycles. The molecular formula is C11H16N4OS2. The van der Waals surface area contributed by atoms with Gasteiger partial charge in [0.2, 0.25) is 11.0 Å². The van der Waals surface area contributed by atoms with Crippen molar-refractivity contribution in [1.82, 2.24) is 15.1 Å². The fraction of sp³-hybridized carbons (Fsp3) is 0.545. The third-order valence-corrected chi connectivity index (χ3v) is 4.61. The number of hydrogen-bond acceptors (Lipinski definition) is 6. The molecule has 0 radical (unpaired) electrons. The molecule has 1 amide bonds. The van der Waals surface area contributed by atoms with E-state index in [4.69, 9.17) is 5.73 Å². The van der Waals surface area contributed by atoms with Crippen LogP contribution in [0, 0.1) is 5.92 Å². The topological polar surface area (TPSA) is 72.1 Å². The third-order valence-electron chi connectivity index (χ3n) is 2.74. The van der Waals surface area contributed by atoms with E-state index in [9.17, 15) is 4.79 Å². The molecule has 98 valence electrons. The molecule has 1 aromatic rings. The van der Waals surface area contributed by atoms with Crippen molar-refractivity contribution in [1.29, 1.82) is 0 Å². The van der Waals surface area contributed by atoms with Gasteiger partial charge in [-0.2, -0.15) is 0 Å². The maximum atomic E-state index is 12.1. The van der Waals surface area contributed by atoms with E-state index in [2.05, 4.69) is 36.2 Å². The Labute approximate surface area is 114 Å². The standard InChI is InChI=1S/C11H16N4OS2/c1-7(2)8-4-3-5-15(8)9(16)6-17-11-14-13-10(12)18-11/h3-4,7-8H,5-6H2,1-2H3,(H2,12,13). The molecule has 18 heavy (non-hydrogen) atoms. The largest absolute Gasteiger partial charge is 0.374 e. The highest BCUT2D eigenvalue weighted by atomic mass is 32.2. The van der Waals surface area contributed by atoms with Crippen LogP contribution in [-0.4, -0.2) is 39.3 Å². The van der Waals surface area contributed by atoms with Crippen molar-refractivity contribution in [2.75, 3.05) is 18.0 Å². The lowest BCUT2D eigenvalue weighted by Gasteiger charge is -2.27. The summed E-state index contributed by atoms with van der Waals surface area (Å²) in [5.41, 5.74) is 5.50. The molecule has 5 nitrogen and oxygen atoms in total. The van der Waals surface area contributed by atoms with Gasteiger partial charge in [0.15, 0.2) is 4.34 Å². The first-order valence-corrected chi connectivity index (χ1v) is 7.56. The number of amides is 1. The minimum Gasteiger partial charge on any atom is -0.374 e. The van der Waals surface area contributed by atoms with E-state index in [1.54, 1.807) is 0 Å². The van der Waals surface area contributed by atoms with Gasteiger partial charge in [0.05, 0.1) is 11.8 Å². The highest BCUT2D eigenvalue weighted by Crippen LogP contribution is 2.25. The summed E-state index contributed by atoms with van der Waals surface area (Å²) in [6.45, 7) is 4.96. The first-order valence-electron chi connectivity index (χ1n) is 5.76. The molecule has 2 N–H and O–H groups in total. The van der Waals surface area contributed by atoms with Crippen LogP contribution < -0.4 is 5.73 Å². The molecule has 0 spiro atoms. The summed E-state index contributed by atoms with van der Waals surface area (Å²) in [4.78, 5) is 14.0. The smallest absolute Gasteiger partial charge is 0.233 e. The van der Waals surface area contributed by atoms with Crippen LogP contribution in [0.4, 0.5) is 5.13 Å². The molecule has 1 unspecified atom stereocenters. The van der Waals surface area contributed by atoms with Crippen LogP contribution in [0.25, 0.3) is 0 Å². The number of carbonyl (C=O) groups excluding carboxylic acids is 1. The zero-order valence-corrected chi connectivity index (χ0v) is 12.0. The van der Waals surface area contributed by atoms with Gasteiger partial charge in [-0.1, -0.05) is 49.1 Å². The molecule has 1 atom stereocenters. The Bertz CT molecular complexity index is 458. The van der Waals surface area contributed by atoms with Gasteiger partial charge in [-0.25, -0.2) is 0 Å². The fourth-order valence-corrected chi connectivity index (χ4v) is 3.40. The second-order valence-corrected chi connectivity index (χ2v) is 6.64. The quantitative estimate of drug-likeness (QED) is 0.672. The minimum atomic E-state index is 0.137. The molecule has 0 bridgehead atoms. The zero-order chi connectivity index (χ0) is 13.1. The van der Waals surface area contributed by atoms with Crippen molar-refractivity contribution in [2.24, 2.45) is 5.92 Å². The van der Waals surface area contributed by atoms with Crippen molar-refractivity contribution >= 4 is 34.1 Å². The van der Waals surface area contributed by atoms with Gasteiger partial charge in [-0.05, 0) is 5.92 Å². The maximum Gasteiger partial charge on any atom is 0.233 e. The first kappa shape index (κ1) is 13.4. The van der Waals surface area contributed by atoms with Gasteiger partial charge in [-0.15, -0.1) is 10.2 Å². The summed E-state index contributed by atoms with van der Waals surface area (Å²) in [7, 11) is 0. The second-order valence-electron chi connectivity index (χ2n) is 4.40. The molecule has 0 aliphatic carbocycles. The first-order chi connectivity index (χ1) is 8.58. The predicted octanol–water partition coefficient (Wildman–Crippen LogP) is 1.64. The zero-order valence-electron chi connectivity index (χ0n) is 10.4. The molecule has 7 heteroatoms. The Morgan fingerprint density at radius 3 is 3.06 bits per heavy atom. The Morgan fingerprint density at radius 2 is 2.44 bits per heavy atom. The van der Waals surface area contributed by atoms with Gasteiger partial charge >= 0.3 is 0 Å². The van der Waals surface area contributed by atoms with Crippen molar-refractivity contribution in [3.8, 4) is 0 Å². The highest BCUT2D eigenvalue weighted by molar-refractivity contribution is 8.01. The van der Waals surface area contributed by atoms with E-state index < -0.39 is 0 Å². The summed E-state index contributed by atoms with van der Waals surface area (Å²) in [5, 5.41) is 8.05. The van der Waals surface area contributed by atoms with Gasteiger partial charge < -0.3 is 10.6 Å². The van der Waals surface area contributed by atoms with E-state index in [1.165, 1.54) is 23.1 Å². The van der Waals surface area contributed by atoms with Gasteiger partial charge in [0, 0.05) is 6.54 Å². The number of rotatable bonds is 4. The number of anilines is 1. The second kappa shape index (κ2) is 5.71. The summed E-state index contributed by atoms with van der Waals surface area (Å²) >= 11 is 2.71.